The summed E-state index contributed by atoms with van der Waals surface area (Å²) in [5, 5.41) is 3.38. The Morgan fingerprint density at radius 1 is 1.00 bits per heavy atom. The molecule has 1 N–H and O–H groups in total. The van der Waals surface area contributed by atoms with E-state index in [9.17, 15) is 8.78 Å². The summed E-state index contributed by atoms with van der Waals surface area (Å²) >= 11 is 0. The van der Waals surface area contributed by atoms with Gasteiger partial charge in [0, 0.05) is 31.3 Å². The van der Waals surface area contributed by atoms with Crippen LogP contribution in [0.3, 0.4) is 0 Å². The highest BCUT2D eigenvalue weighted by Crippen LogP contribution is 2.33. The van der Waals surface area contributed by atoms with Gasteiger partial charge in [-0.05, 0) is 37.1 Å². The summed E-state index contributed by atoms with van der Waals surface area (Å²) in [6, 6.07) is 11.8. The molecule has 0 saturated carbocycles. The van der Waals surface area contributed by atoms with Crippen LogP contribution in [0.1, 0.15) is 29.2 Å². The minimum absolute atomic E-state index is 0.184. The topological polar surface area (TPSA) is 15.3 Å². The van der Waals surface area contributed by atoms with Gasteiger partial charge in [0.15, 0.2) is 0 Å². The second-order valence-corrected chi connectivity index (χ2v) is 6.06. The fourth-order valence-electron chi connectivity index (χ4n) is 3.30. The van der Waals surface area contributed by atoms with Gasteiger partial charge in [-0.2, -0.15) is 0 Å². The van der Waals surface area contributed by atoms with Gasteiger partial charge in [0.1, 0.15) is 11.6 Å². The molecule has 1 heterocycles. The zero-order valence-electron chi connectivity index (χ0n) is 13.4. The molecule has 2 aromatic rings. The quantitative estimate of drug-likeness (QED) is 0.930. The van der Waals surface area contributed by atoms with Crippen molar-refractivity contribution in [1.82, 2.24) is 10.2 Å². The van der Waals surface area contributed by atoms with Crippen molar-refractivity contribution in [2.45, 2.75) is 19.4 Å². The molecule has 2 aromatic carbocycles. The maximum Gasteiger partial charge on any atom is 0.131 e. The third-order valence-electron chi connectivity index (χ3n) is 4.48. The van der Waals surface area contributed by atoms with E-state index >= 15 is 0 Å². The first-order valence-electron chi connectivity index (χ1n) is 8.12. The van der Waals surface area contributed by atoms with E-state index in [1.165, 1.54) is 6.07 Å². The van der Waals surface area contributed by atoms with Crippen LogP contribution in [0.2, 0.25) is 0 Å². The zero-order valence-corrected chi connectivity index (χ0v) is 13.4. The molecule has 2 nitrogen and oxygen atoms in total. The SMILES string of the molecule is Cc1ccccc1C(c1ccc(F)cc1F)N1CCCNCC1. The van der Waals surface area contributed by atoms with E-state index in [2.05, 4.69) is 10.2 Å². The lowest BCUT2D eigenvalue weighted by Gasteiger charge is -2.32. The summed E-state index contributed by atoms with van der Waals surface area (Å²) in [7, 11) is 0. The summed E-state index contributed by atoms with van der Waals surface area (Å²) in [6.07, 6.45) is 1.02. The van der Waals surface area contributed by atoms with E-state index in [1.54, 1.807) is 6.07 Å². The van der Waals surface area contributed by atoms with E-state index < -0.39 is 11.6 Å². The van der Waals surface area contributed by atoms with Gasteiger partial charge < -0.3 is 5.32 Å². The molecule has 4 heteroatoms. The summed E-state index contributed by atoms with van der Waals surface area (Å²) in [4.78, 5) is 2.29. The molecule has 0 aromatic heterocycles. The Labute approximate surface area is 136 Å². The van der Waals surface area contributed by atoms with Crippen molar-refractivity contribution in [1.29, 1.82) is 0 Å². The van der Waals surface area contributed by atoms with Crippen LogP contribution in [-0.2, 0) is 0 Å². The predicted molar refractivity (Wildman–Crippen MR) is 88.4 cm³/mol. The Balaban J connectivity index is 2.07. The lowest BCUT2D eigenvalue weighted by atomic mass is 9.93. The van der Waals surface area contributed by atoms with Crippen LogP contribution in [0.25, 0.3) is 0 Å². The number of hydrogen-bond donors (Lipinski definition) is 1. The van der Waals surface area contributed by atoms with Crippen LogP contribution < -0.4 is 5.32 Å². The summed E-state index contributed by atoms with van der Waals surface area (Å²) in [5.74, 6) is -1.01. The Bertz CT molecular complexity index is 664. The molecule has 1 saturated heterocycles. The van der Waals surface area contributed by atoms with Gasteiger partial charge in [0.25, 0.3) is 0 Å². The molecule has 1 aliphatic heterocycles. The predicted octanol–water partition coefficient (Wildman–Crippen LogP) is 3.66. The second kappa shape index (κ2) is 7.20. The average molecular weight is 316 g/mol. The summed E-state index contributed by atoms with van der Waals surface area (Å²) in [6.45, 7) is 5.63. The number of nitrogens with zero attached hydrogens (tertiary/aromatic N) is 1. The normalized spacial score (nSPS) is 17.7. The van der Waals surface area contributed by atoms with E-state index in [1.807, 2.05) is 31.2 Å². The van der Waals surface area contributed by atoms with Crippen molar-refractivity contribution in [3.8, 4) is 0 Å². The lowest BCUT2D eigenvalue weighted by molar-refractivity contribution is 0.236. The third-order valence-corrected chi connectivity index (χ3v) is 4.48. The lowest BCUT2D eigenvalue weighted by Crippen LogP contribution is -2.33. The van der Waals surface area contributed by atoms with Gasteiger partial charge in [0.05, 0.1) is 6.04 Å². The third kappa shape index (κ3) is 3.59. The van der Waals surface area contributed by atoms with Crippen LogP contribution in [0.15, 0.2) is 42.5 Å². The maximum absolute atomic E-state index is 14.5. The maximum atomic E-state index is 14.5. The Kier molecular flexibility index (Phi) is 5.03. The number of halogens is 2. The largest absolute Gasteiger partial charge is 0.315 e. The summed E-state index contributed by atoms with van der Waals surface area (Å²) < 4.78 is 27.8. The zero-order chi connectivity index (χ0) is 16.2. The molecule has 1 aliphatic rings. The van der Waals surface area contributed by atoms with E-state index in [0.29, 0.717) is 5.56 Å². The van der Waals surface area contributed by atoms with E-state index in [0.717, 1.165) is 49.8 Å². The number of hydrogen-bond acceptors (Lipinski definition) is 2. The first-order valence-corrected chi connectivity index (χ1v) is 8.12. The monoisotopic (exact) mass is 316 g/mol. The van der Waals surface area contributed by atoms with Crippen LogP contribution in [0, 0.1) is 18.6 Å². The van der Waals surface area contributed by atoms with Gasteiger partial charge in [-0.3, -0.25) is 4.90 Å². The average Bonchev–Trinajstić information content (AvgIpc) is 2.80. The first-order chi connectivity index (χ1) is 11.2. The van der Waals surface area contributed by atoms with Crippen molar-refractivity contribution in [2.75, 3.05) is 26.2 Å². The Morgan fingerprint density at radius 3 is 2.61 bits per heavy atom. The van der Waals surface area contributed by atoms with Crippen molar-refractivity contribution in [3.63, 3.8) is 0 Å². The van der Waals surface area contributed by atoms with Gasteiger partial charge in [0.2, 0.25) is 0 Å². The number of aryl methyl sites for hydroxylation is 1. The van der Waals surface area contributed by atoms with Crippen LogP contribution in [0.5, 0.6) is 0 Å². The molecule has 0 amide bonds. The smallest absolute Gasteiger partial charge is 0.131 e. The number of rotatable bonds is 3. The molecule has 122 valence electrons. The molecule has 0 radical (unpaired) electrons. The van der Waals surface area contributed by atoms with Crippen molar-refractivity contribution in [2.24, 2.45) is 0 Å². The Hall–Kier alpha value is -1.78. The fourth-order valence-corrected chi connectivity index (χ4v) is 3.30. The highest BCUT2D eigenvalue weighted by molar-refractivity contribution is 5.37. The van der Waals surface area contributed by atoms with Gasteiger partial charge >= 0.3 is 0 Å². The fraction of sp³-hybridized carbons (Fsp3) is 0.368. The van der Waals surface area contributed by atoms with Gasteiger partial charge in [-0.15, -0.1) is 0 Å². The molecule has 0 bridgehead atoms. The van der Waals surface area contributed by atoms with Crippen LogP contribution in [0.4, 0.5) is 8.78 Å². The van der Waals surface area contributed by atoms with Crippen molar-refractivity contribution < 1.29 is 8.78 Å². The molecular weight excluding hydrogens is 294 g/mol. The minimum Gasteiger partial charge on any atom is -0.315 e. The molecule has 23 heavy (non-hydrogen) atoms. The molecule has 0 spiro atoms. The van der Waals surface area contributed by atoms with Gasteiger partial charge in [-0.1, -0.05) is 30.3 Å². The summed E-state index contributed by atoms with van der Waals surface area (Å²) in [5.41, 5.74) is 2.75. The van der Waals surface area contributed by atoms with E-state index in [4.69, 9.17) is 0 Å². The molecule has 1 fully saturated rings. The number of nitrogens with one attached hydrogen (secondary N) is 1. The van der Waals surface area contributed by atoms with Crippen molar-refractivity contribution >= 4 is 0 Å². The van der Waals surface area contributed by atoms with Crippen LogP contribution >= 0.6 is 0 Å². The molecule has 1 unspecified atom stereocenters. The highest BCUT2D eigenvalue weighted by Gasteiger charge is 2.26. The molecule has 1 atom stereocenters. The molecule has 3 rings (SSSR count). The van der Waals surface area contributed by atoms with Gasteiger partial charge in [-0.25, -0.2) is 8.78 Å². The second-order valence-electron chi connectivity index (χ2n) is 6.06. The van der Waals surface area contributed by atoms with Crippen LogP contribution in [-0.4, -0.2) is 31.1 Å². The molecule has 0 aliphatic carbocycles. The minimum atomic E-state index is -0.535. The van der Waals surface area contributed by atoms with Crippen molar-refractivity contribution in [3.05, 3.63) is 70.8 Å². The number of benzene rings is 2. The first kappa shape index (κ1) is 16.1. The Morgan fingerprint density at radius 2 is 1.83 bits per heavy atom. The highest BCUT2D eigenvalue weighted by atomic mass is 19.1. The standard InChI is InChI=1S/C19H22F2N2/c1-14-5-2-3-6-16(14)19(23-11-4-9-22-10-12-23)17-8-7-15(20)13-18(17)21/h2-3,5-8,13,19,22H,4,9-12H2,1H3. The molecular formula is C19H22F2N2. The van der Waals surface area contributed by atoms with E-state index in [-0.39, 0.29) is 6.04 Å².